The van der Waals surface area contributed by atoms with Crippen LogP contribution >= 0.6 is 23.5 Å². The van der Waals surface area contributed by atoms with Crippen molar-refractivity contribution in [3.8, 4) is 0 Å². The number of rotatable bonds is 6. The van der Waals surface area contributed by atoms with Gasteiger partial charge in [0.05, 0.1) is 0 Å². The molecule has 0 aliphatic heterocycles. The number of thioether (sulfide) groups is 2. The molecule has 0 saturated heterocycles. The van der Waals surface area contributed by atoms with Gasteiger partial charge in [-0.3, -0.25) is 4.79 Å². The molecule has 1 amide bonds. The van der Waals surface area contributed by atoms with Crippen LogP contribution in [0.5, 0.6) is 0 Å². The first-order valence-corrected chi connectivity index (χ1v) is 8.14. The number of carbonyl (C=O) groups excluding carboxylic acids is 1. The van der Waals surface area contributed by atoms with Gasteiger partial charge >= 0.3 is 0 Å². The Morgan fingerprint density at radius 3 is 2.58 bits per heavy atom. The molecule has 1 aromatic rings. The van der Waals surface area contributed by atoms with Crippen LogP contribution in [0.4, 0.5) is 0 Å². The average molecular weight is 295 g/mol. The highest BCUT2D eigenvalue weighted by Crippen LogP contribution is 2.22. The first kappa shape index (κ1) is 16.2. The molecule has 104 valence electrons. The molecule has 2 nitrogen and oxygen atoms in total. The number of benzene rings is 1. The van der Waals surface area contributed by atoms with Gasteiger partial charge in [-0.15, -0.1) is 0 Å². The second-order valence-electron chi connectivity index (χ2n) is 4.99. The molecule has 0 saturated carbocycles. The van der Waals surface area contributed by atoms with Crippen molar-refractivity contribution in [3.05, 3.63) is 41.8 Å². The van der Waals surface area contributed by atoms with E-state index in [1.807, 2.05) is 47.5 Å². The van der Waals surface area contributed by atoms with Crippen LogP contribution in [-0.4, -0.2) is 23.0 Å². The number of nitrogens with one attached hydrogen (secondary N) is 1. The maximum absolute atomic E-state index is 11.5. The van der Waals surface area contributed by atoms with E-state index in [9.17, 15) is 4.79 Å². The summed E-state index contributed by atoms with van der Waals surface area (Å²) in [5, 5.41) is 4.70. The zero-order chi connectivity index (χ0) is 14.1. The van der Waals surface area contributed by atoms with Crippen LogP contribution in [0.1, 0.15) is 20.8 Å². The quantitative estimate of drug-likeness (QED) is 0.489. The number of carbonyl (C=O) groups is 1. The fraction of sp³-hybridized carbons (Fsp3) is 0.400. The van der Waals surface area contributed by atoms with Crippen molar-refractivity contribution in [2.75, 3.05) is 12.3 Å². The van der Waals surface area contributed by atoms with Gasteiger partial charge in [-0.25, -0.2) is 0 Å². The molecule has 0 heterocycles. The molecule has 19 heavy (non-hydrogen) atoms. The monoisotopic (exact) mass is 295 g/mol. The van der Waals surface area contributed by atoms with Crippen LogP contribution in [0.3, 0.4) is 0 Å². The first-order chi connectivity index (χ1) is 8.97. The minimum atomic E-state index is -0.0297. The van der Waals surface area contributed by atoms with Crippen LogP contribution < -0.4 is 5.32 Å². The minimum absolute atomic E-state index is 0.0297. The molecule has 0 atom stereocenters. The van der Waals surface area contributed by atoms with Gasteiger partial charge in [-0.05, 0) is 17.5 Å². The molecule has 0 aromatic heterocycles. The van der Waals surface area contributed by atoms with Crippen LogP contribution in [0.25, 0.3) is 0 Å². The summed E-state index contributed by atoms with van der Waals surface area (Å²) >= 11 is 3.40. The van der Waals surface area contributed by atoms with E-state index in [1.165, 1.54) is 0 Å². The Morgan fingerprint density at radius 2 is 1.95 bits per heavy atom. The van der Waals surface area contributed by atoms with Crippen molar-refractivity contribution in [3.63, 3.8) is 0 Å². The summed E-state index contributed by atoms with van der Waals surface area (Å²) in [6, 6.07) is 9.99. The van der Waals surface area contributed by atoms with Crippen LogP contribution in [0.15, 0.2) is 46.7 Å². The minimum Gasteiger partial charge on any atom is -0.352 e. The van der Waals surface area contributed by atoms with Crippen LogP contribution in [-0.2, 0) is 4.79 Å². The molecular formula is C15H21NOS2. The topological polar surface area (TPSA) is 29.1 Å². The molecule has 0 unspecified atom stereocenters. The molecule has 0 fully saturated rings. The Bertz CT molecular complexity index is 410. The van der Waals surface area contributed by atoms with Gasteiger partial charge in [0.1, 0.15) is 0 Å². The highest BCUT2D eigenvalue weighted by molar-refractivity contribution is 8.02. The highest BCUT2D eigenvalue weighted by atomic mass is 32.2. The third kappa shape index (κ3) is 8.78. The molecule has 0 bridgehead atoms. The summed E-state index contributed by atoms with van der Waals surface area (Å²) in [7, 11) is 0. The van der Waals surface area contributed by atoms with Gasteiger partial charge in [-0.1, -0.05) is 50.7 Å². The first-order valence-electron chi connectivity index (χ1n) is 6.27. The Kier molecular flexibility index (Phi) is 7.10. The van der Waals surface area contributed by atoms with Crippen molar-refractivity contribution >= 4 is 29.4 Å². The standard InChI is InChI=1S/C15H21NOS2/c1-15(2,3)19-12-10-16-14(17)9-11-18-13-7-5-4-6-8-13/h4-9,11H,10,12H2,1-3H3,(H,16,17). The summed E-state index contributed by atoms with van der Waals surface area (Å²) in [5.41, 5.74) is 0. The predicted molar refractivity (Wildman–Crippen MR) is 86.7 cm³/mol. The highest BCUT2D eigenvalue weighted by Gasteiger charge is 2.09. The number of hydrogen-bond donors (Lipinski definition) is 1. The largest absolute Gasteiger partial charge is 0.352 e. The molecule has 1 rings (SSSR count). The third-order valence-corrected chi connectivity index (χ3v) is 4.19. The zero-order valence-electron chi connectivity index (χ0n) is 11.7. The molecular weight excluding hydrogens is 274 g/mol. The van der Waals surface area contributed by atoms with E-state index in [0.717, 1.165) is 10.6 Å². The SMILES string of the molecule is CC(C)(C)SCCNC(=O)C=CSc1ccccc1. The second-order valence-corrected chi connectivity index (χ2v) is 7.89. The van der Waals surface area contributed by atoms with Gasteiger partial charge in [0.25, 0.3) is 0 Å². The summed E-state index contributed by atoms with van der Waals surface area (Å²) < 4.78 is 0.254. The van der Waals surface area contributed by atoms with E-state index in [0.29, 0.717) is 6.54 Å². The normalized spacial score (nSPS) is 11.7. The second kappa shape index (κ2) is 8.33. The zero-order valence-corrected chi connectivity index (χ0v) is 13.3. The van der Waals surface area contributed by atoms with Gasteiger partial charge < -0.3 is 5.32 Å². The Hall–Kier alpha value is -0.870. The maximum Gasteiger partial charge on any atom is 0.244 e. The van der Waals surface area contributed by atoms with E-state index in [1.54, 1.807) is 17.8 Å². The molecule has 1 aromatic carbocycles. The van der Waals surface area contributed by atoms with E-state index in [4.69, 9.17) is 0 Å². The lowest BCUT2D eigenvalue weighted by Gasteiger charge is -2.17. The number of hydrogen-bond acceptors (Lipinski definition) is 3. The van der Waals surface area contributed by atoms with E-state index < -0.39 is 0 Å². The van der Waals surface area contributed by atoms with Crippen LogP contribution in [0, 0.1) is 0 Å². The van der Waals surface area contributed by atoms with Crippen molar-refractivity contribution in [1.82, 2.24) is 5.32 Å². The van der Waals surface area contributed by atoms with Crippen molar-refractivity contribution < 1.29 is 4.79 Å². The summed E-state index contributed by atoms with van der Waals surface area (Å²) in [4.78, 5) is 12.7. The Morgan fingerprint density at radius 1 is 1.26 bits per heavy atom. The molecule has 0 radical (unpaired) electrons. The van der Waals surface area contributed by atoms with Crippen molar-refractivity contribution in [2.45, 2.75) is 30.4 Å². The smallest absolute Gasteiger partial charge is 0.244 e. The summed E-state index contributed by atoms with van der Waals surface area (Å²) in [5.74, 6) is 0.910. The average Bonchev–Trinajstić information content (AvgIpc) is 2.35. The molecule has 0 aliphatic rings. The van der Waals surface area contributed by atoms with Gasteiger partial charge in [0.15, 0.2) is 0 Å². The fourth-order valence-corrected chi connectivity index (χ4v) is 2.74. The van der Waals surface area contributed by atoms with Gasteiger partial charge in [-0.2, -0.15) is 11.8 Å². The number of amides is 1. The summed E-state index contributed by atoms with van der Waals surface area (Å²) in [6.45, 7) is 7.24. The van der Waals surface area contributed by atoms with E-state index in [-0.39, 0.29) is 10.7 Å². The maximum atomic E-state index is 11.5. The lowest BCUT2D eigenvalue weighted by atomic mass is 10.3. The van der Waals surface area contributed by atoms with E-state index >= 15 is 0 Å². The van der Waals surface area contributed by atoms with Crippen molar-refractivity contribution in [2.24, 2.45) is 0 Å². The third-order valence-electron chi connectivity index (χ3n) is 2.10. The Balaban J connectivity index is 2.17. The lowest BCUT2D eigenvalue weighted by Crippen LogP contribution is -2.25. The lowest BCUT2D eigenvalue weighted by molar-refractivity contribution is -0.116. The molecule has 1 N–H and O–H groups in total. The molecule has 4 heteroatoms. The van der Waals surface area contributed by atoms with Crippen LogP contribution in [0.2, 0.25) is 0 Å². The van der Waals surface area contributed by atoms with Gasteiger partial charge in [0.2, 0.25) is 5.91 Å². The predicted octanol–water partition coefficient (Wildman–Crippen LogP) is 3.94. The van der Waals surface area contributed by atoms with Gasteiger partial charge in [0, 0.05) is 28.0 Å². The van der Waals surface area contributed by atoms with E-state index in [2.05, 4.69) is 26.1 Å². The van der Waals surface area contributed by atoms with Crippen molar-refractivity contribution in [1.29, 1.82) is 0 Å². The summed E-state index contributed by atoms with van der Waals surface area (Å²) in [6.07, 6.45) is 1.58. The Labute approximate surface area is 124 Å². The molecule has 0 aliphatic carbocycles. The fourth-order valence-electron chi connectivity index (χ4n) is 1.26. The molecule has 0 spiro atoms.